The summed E-state index contributed by atoms with van der Waals surface area (Å²) < 4.78 is 16.3. The van der Waals surface area contributed by atoms with E-state index in [1.54, 1.807) is 19.4 Å². The van der Waals surface area contributed by atoms with Crippen LogP contribution in [-0.4, -0.2) is 12.3 Å². The van der Waals surface area contributed by atoms with Crippen LogP contribution < -0.4 is 10.5 Å². The second-order valence-electron chi connectivity index (χ2n) is 4.56. The summed E-state index contributed by atoms with van der Waals surface area (Å²) in [5, 5.41) is 4.04. The van der Waals surface area contributed by atoms with E-state index in [0.717, 1.165) is 28.0 Å². The first-order valence-electron chi connectivity index (χ1n) is 6.25. The Kier molecular flexibility index (Phi) is 3.47. The third-order valence-corrected chi connectivity index (χ3v) is 3.90. The van der Waals surface area contributed by atoms with Crippen LogP contribution in [0.25, 0.3) is 22.4 Å². The average Bonchev–Trinajstić information content (AvgIpc) is 3.05. The van der Waals surface area contributed by atoms with E-state index in [1.807, 2.05) is 25.1 Å². The Balaban J connectivity index is 2.19. The lowest BCUT2D eigenvalue weighted by atomic mass is 10.0. The second-order valence-corrected chi connectivity index (χ2v) is 5.28. The van der Waals surface area contributed by atoms with Gasteiger partial charge in [0, 0.05) is 0 Å². The number of ether oxygens (including phenoxy) is 1. The largest absolute Gasteiger partial charge is 0.496 e. The Bertz CT molecular complexity index is 792. The van der Waals surface area contributed by atoms with E-state index in [2.05, 4.69) is 21.1 Å². The molecule has 0 aliphatic carbocycles. The van der Waals surface area contributed by atoms with E-state index < -0.39 is 0 Å². The number of methoxy groups -OCH3 is 1. The van der Waals surface area contributed by atoms with E-state index in [9.17, 15) is 0 Å². The molecule has 2 heterocycles. The highest BCUT2D eigenvalue weighted by Gasteiger charge is 2.21. The number of hydrogen-bond donors (Lipinski definition) is 1. The summed E-state index contributed by atoms with van der Waals surface area (Å²) in [6.45, 7) is 1.98. The van der Waals surface area contributed by atoms with E-state index in [0.29, 0.717) is 10.4 Å². The Hall–Kier alpha value is -2.21. The Morgan fingerprint density at radius 3 is 2.76 bits per heavy atom. The predicted molar refractivity (Wildman–Crippen MR) is 83.0 cm³/mol. The number of furan rings is 1. The smallest absolute Gasteiger partial charge is 0.230 e. The number of anilines is 1. The maximum Gasteiger partial charge on any atom is 0.230 e. The van der Waals surface area contributed by atoms with Gasteiger partial charge in [0.05, 0.1) is 24.5 Å². The number of aryl methyl sites for hydroxylation is 1. The first-order valence-corrected chi connectivity index (χ1v) is 7.04. The Morgan fingerprint density at radius 1 is 1.29 bits per heavy atom. The third kappa shape index (κ3) is 2.31. The number of nitrogen functional groups attached to an aromatic ring is 1. The number of hydrogen-bond acceptors (Lipinski definition) is 5. The molecule has 0 aliphatic heterocycles. The van der Waals surface area contributed by atoms with Gasteiger partial charge in [0.1, 0.15) is 11.4 Å². The van der Waals surface area contributed by atoms with Crippen LogP contribution in [0.3, 0.4) is 0 Å². The van der Waals surface area contributed by atoms with E-state index in [4.69, 9.17) is 19.4 Å². The first kappa shape index (κ1) is 13.8. The molecule has 21 heavy (non-hydrogen) atoms. The van der Waals surface area contributed by atoms with Gasteiger partial charge in [0.2, 0.25) is 5.88 Å². The van der Waals surface area contributed by atoms with Crippen molar-refractivity contribution in [3.63, 3.8) is 0 Å². The van der Waals surface area contributed by atoms with E-state index in [1.165, 1.54) is 0 Å². The zero-order chi connectivity index (χ0) is 15.0. The van der Waals surface area contributed by atoms with Crippen molar-refractivity contribution < 1.29 is 13.7 Å². The molecule has 5 nitrogen and oxygen atoms in total. The molecule has 3 rings (SSSR count). The second kappa shape index (κ2) is 5.29. The van der Waals surface area contributed by atoms with Gasteiger partial charge in [0.25, 0.3) is 0 Å². The van der Waals surface area contributed by atoms with Crippen LogP contribution in [0.2, 0.25) is 0 Å². The SMILES string of the molecule is COc1cc(-c2c(-c3ccoc3Br)noc2N)ccc1C. The van der Waals surface area contributed by atoms with Gasteiger partial charge in [-0.1, -0.05) is 17.3 Å². The van der Waals surface area contributed by atoms with Gasteiger partial charge < -0.3 is 19.4 Å². The highest BCUT2D eigenvalue weighted by molar-refractivity contribution is 9.10. The van der Waals surface area contributed by atoms with Crippen molar-refractivity contribution in [2.45, 2.75) is 6.92 Å². The summed E-state index contributed by atoms with van der Waals surface area (Å²) in [7, 11) is 1.64. The van der Waals surface area contributed by atoms with Gasteiger partial charge >= 0.3 is 0 Å². The molecule has 0 bridgehead atoms. The van der Waals surface area contributed by atoms with Crippen molar-refractivity contribution in [3.8, 4) is 28.1 Å². The standard InChI is InChI=1S/C15H13BrN2O3/c1-8-3-4-9(7-11(8)19-2)12-13(18-21-15(12)17)10-5-6-20-14(10)16/h3-7H,17H2,1-2H3. The molecule has 2 N–H and O–H groups in total. The predicted octanol–water partition coefficient (Wildman–Crippen LogP) is 4.26. The first-order chi connectivity index (χ1) is 10.1. The van der Waals surface area contributed by atoms with Gasteiger partial charge in [0.15, 0.2) is 4.67 Å². The fourth-order valence-corrected chi connectivity index (χ4v) is 2.63. The molecule has 1 aromatic carbocycles. The highest BCUT2D eigenvalue weighted by Crippen LogP contribution is 2.40. The molecule has 108 valence electrons. The van der Waals surface area contributed by atoms with Crippen molar-refractivity contribution in [2.75, 3.05) is 12.8 Å². The summed E-state index contributed by atoms with van der Waals surface area (Å²) >= 11 is 3.34. The van der Waals surface area contributed by atoms with Gasteiger partial charge in [-0.2, -0.15) is 0 Å². The zero-order valence-electron chi connectivity index (χ0n) is 11.5. The molecular weight excluding hydrogens is 336 g/mol. The van der Waals surface area contributed by atoms with Crippen LogP contribution in [0.1, 0.15) is 5.56 Å². The number of rotatable bonds is 3. The van der Waals surface area contributed by atoms with Gasteiger partial charge in [-0.25, -0.2) is 0 Å². The lowest BCUT2D eigenvalue weighted by molar-refractivity contribution is 0.412. The summed E-state index contributed by atoms with van der Waals surface area (Å²) in [4.78, 5) is 0. The Morgan fingerprint density at radius 2 is 2.10 bits per heavy atom. The minimum absolute atomic E-state index is 0.254. The molecular formula is C15H13BrN2O3. The monoisotopic (exact) mass is 348 g/mol. The van der Waals surface area contributed by atoms with Gasteiger partial charge in [-0.15, -0.1) is 0 Å². The summed E-state index contributed by atoms with van der Waals surface area (Å²) in [5.41, 5.74) is 9.99. The van der Waals surface area contributed by atoms with Crippen LogP contribution in [0, 0.1) is 6.92 Å². The highest BCUT2D eigenvalue weighted by atomic mass is 79.9. The molecule has 6 heteroatoms. The topological polar surface area (TPSA) is 74.4 Å². The number of benzene rings is 1. The molecule has 0 spiro atoms. The van der Waals surface area contributed by atoms with Crippen LogP contribution in [-0.2, 0) is 0 Å². The average molecular weight is 349 g/mol. The normalized spacial score (nSPS) is 10.8. The fraction of sp³-hybridized carbons (Fsp3) is 0.133. The Labute approximate surface area is 129 Å². The van der Waals surface area contributed by atoms with Crippen molar-refractivity contribution in [1.29, 1.82) is 0 Å². The summed E-state index contributed by atoms with van der Waals surface area (Å²) in [5.74, 6) is 1.04. The maximum atomic E-state index is 5.94. The molecule has 0 fully saturated rings. The van der Waals surface area contributed by atoms with Crippen LogP contribution in [0.15, 0.2) is 44.1 Å². The molecule has 3 aromatic rings. The minimum atomic E-state index is 0.254. The summed E-state index contributed by atoms with van der Waals surface area (Å²) in [6.07, 6.45) is 1.57. The molecule has 0 saturated carbocycles. The molecule has 0 aliphatic rings. The van der Waals surface area contributed by atoms with E-state index in [-0.39, 0.29) is 5.88 Å². The van der Waals surface area contributed by atoms with Crippen LogP contribution in [0.4, 0.5) is 5.88 Å². The summed E-state index contributed by atoms with van der Waals surface area (Å²) in [6, 6.07) is 7.64. The molecule has 2 aromatic heterocycles. The van der Waals surface area contributed by atoms with Crippen molar-refractivity contribution in [3.05, 3.63) is 40.8 Å². The third-order valence-electron chi connectivity index (χ3n) is 3.29. The number of halogens is 1. The molecule has 0 radical (unpaired) electrons. The zero-order valence-corrected chi connectivity index (χ0v) is 13.1. The quantitative estimate of drug-likeness (QED) is 0.765. The van der Waals surface area contributed by atoms with Gasteiger partial charge in [-0.05, 0) is 46.1 Å². The minimum Gasteiger partial charge on any atom is -0.496 e. The maximum absolute atomic E-state index is 5.94. The van der Waals surface area contributed by atoms with Crippen LogP contribution >= 0.6 is 15.9 Å². The molecule has 0 amide bonds. The van der Waals surface area contributed by atoms with Gasteiger partial charge in [-0.3, -0.25) is 0 Å². The van der Waals surface area contributed by atoms with Crippen molar-refractivity contribution in [2.24, 2.45) is 0 Å². The van der Waals surface area contributed by atoms with Crippen molar-refractivity contribution in [1.82, 2.24) is 5.16 Å². The van der Waals surface area contributed by atoms with E-state index >= 15 is 0 Å². The number of nitrogens with two attached hydrogens (primary N) is 1. The molecule has 0 saturated heterocycles. The lowest BCUT2D eigenvalue weighted by Crippen LogP contribution is -1.91. The molecule has 0 atom stereocenters. The number of aromatic nitrogens is 1. The lowest BCUT2D eigenvalue weighted by Gasteiger charge is -2.07. The van der Waals surface area contributed by atoms with Crippen LogP contribution in [0.5, 0.6) is 5.75 Å². The van der Waals surface area contributed by atoms with Crippen molar-refractivity contribution >= 4 is 21.8 Å². The molecule has 0 unspecified atom stereocenters. The fourth-order valence-electron chi connectivity index (χ4n) is 2.20. The number of nitrogens with zero attached hydrogens (tertiary/aromatic N) is 1.